The van der Waals surface area contributed by atoms with Crippen LogP contribution in [0.15, 0.2) is 24.3 Å². The van der Waals surface area contributed by atoms with Gasteiger partial charge in [0.1, 0.15) is 0 Å². The van der Waals surface area contributed by atoms with E-state index in [9.17, 15) is 4.79 Å². The first-order valence-corrected chi connectivity index (χ1v) is 14.0. The second-order valence-electron chi connectivity index (χ2n) is 4.61. The monoisotopic (exact) mass is 356 g/mol. The first-order valence-electron chi connectivity index (χ1n) is 6.53. The van der Waals surface area contributed by atoms with Crippen LogP contribution in [0.3, 0.4) is 0 Å². The van der Waals surface area contributed by atoms with E-state index in [0.29, 0.717) is 0 Å². The number of rotatable bonds is 3. The average Bonchev–Trinajstić information content (AvgIpc) is 3.13. The van der Waals surface area contributed by atoms with E-state index < -0.39 is 12.3 Å². The summed E-state index contributed by atoms with van der Waals surface area (Å²) in [5, 5.41) is 6.22. The number of amides is 1. The molecule has 2 heterocycles. The van der Waals surface area contributed by atoms with E-state index in [1.54, 1.807) is 0 Å². The zero-order valence-corrected chi connectivity index (χ0v) is 14.1. The van der Waals surface area contributed by atoms with Crippen molar-refractivity contribution in [1.82, 2.24) is 5.32 Å². The van der Waals surface area contributed by atoms with Gasteiger partial charge < -0.3 is 0 Å². The molecule has 1 amide bonds. The minimum absolute atomic E-state index is 0.00420. The zero-order valence-electron chi connectivity index (χ0n) is 10.6. The molecule has 0 saturated carbocycles. The molecular weight excluding hydrogens is 339 g/mol. The summed E-state index contributed by atoms with van der Waals surface area (Å²) in [5.74, 6) is 2.71. The van der Waals surface area contributed by atoms with Crippen molar-refractivity contribution in [3.05, 3.63) is 24.3 Å². The molecule has 0 bridgehead atoms. The molecule has 1 aromatic carbocycles. The maximum atomic E-state index is 12.0. The van der Waals surface area contributed by atoms with Crippen molar-refractivity contribution >= 4 is 48.3 Å². The van der Waals surface area contributed by atoms with Gasteiger partial charge in [0.05, 0.1) is 0 Å². The Labute approximate surface area is 124 Å². The molecule has 19 heavy (non-hydrogen) atoms. The molecule has 1 aromatic rings. The van der Waals surface area contributed by atoms with Crippen molar-refractivity contribution in [3.63, 3.8) is 0 Å². The minimum atomic E-state index is -0.878. The summed E-state index contributed by atoms with van der Waals surface area (Å²) in [6.45, 7) is 0.957. The van der Waals surface area contributed by atoms with Crippen LogP contribution in [0.4, 0.5) is 5.69 Å². The van der Waals surface area contributed by atoms with Crippen LogP contribution in [-0.4, -0.2) is 42.3 Å². The van der Waals surface area contributed by atoms with Crippen LogP contribution in [0.25, 0.3) is 0 Å². The molecule has 1 unspecified atom stereocenters. The van der Waals surface area contributed by atoms with Crippen molar-refractivity contribution in [2.75, 3.05) is 23.4 Å². The average molecular weight is 356 g/mol. The fourth-order valence-electron chi connectivity index (χ4n) is 2.23. The molecule has 2 aliphatic heterocycles. The zero-order chi connectivity index (χ0) is 13.1. The molecule has 3 nitrogen and oxygen atoms in total. The van der Waals surface area contributed by atoms with Gasteiger partial charge in [0, 0.05) is 0 Å². The summed E-state index contributed by atoms with van der Waals surface area (Å²) in [5.41, 5.74) is 0.922. The molecule has 1 atom stereocenters. The van der Waals surface area contributed by atoms with Crippen molar-refractivity contribution in [2.24, 2.45) is 0 Å². The first-order chi connectivity index (χ1) is 9.33. The fourth-order valence-corrected chi connectivity index (χ4v) is 16.4. The number of carbonyl (C=O) groups excluding carboxylic acids is 1. The van der Waals surface area contributed by atoms with Crippen LogP contribution in [0.2, 0.25) is 0 Å². The van der Waals surface area contributed by atoms with E-state index >= 15 is 0 Å². The molecule has 0 radical (unpaired) electrons. The molecule has 0 aromatic heterocycles. The van der Waals surface area contributed by atoms with Gasteiger partial charge in [-0.15, -0.1) is 0 Å². The van der Waals surface area contributed by atoms with Crippen molar-refractivity contribution in [3.8, 4) is 0 Å². The van der Waals surface area contributed by atoms with Crippen LogP contribution in [0.1, 0.15) is 12.8 Å². The third-order valence-corrected chi connectivity index (χ3v) is 17.0. The van der Waals surface area contributed by atoms with Crippen LogP contribution in [-0.2, 0) is 4.79 Å². The second kappa shape index (κ2) is 6.57. The number of nitrogens with one attached hydrogen (secondary N) is 2. The molecular formula is C13H17AsN2OS2. The van der Waals surface area contributed by atoms with Crippen LogP contribution in [0, 0.1) is 0 Å². The number of hydrogen-bond donors (Lipinski definition) is 2. The number of anilines is 1. The fraction of sp³-hybridized carbons (Fsp3) is 0.462. The molecule has 2 fully saturated rings. The quantitative estimate of drug-likeness (QED) is 0.807. The normalized spacial score (nSPS) is 23.7. The van der Waals surface area contributed by atoms with Gasteiger partial charge in [-0.3, -0.25) is 0 Å². The van der Waals surface area contributed by atoms with E-state index in [2.05, 4.69) is 54.9 Å². The Morgan fingerprint density at radius 2 is 2.00 bits per heavy atom. The molecule has 0 spiro atoms. The maximum absolute atomic E-state index is 12.0. The van der Waals surface area contributed by atoms with E-state index in [1.807, 2.05) is 0 Å². The van der Waals surface area contributed by atoms with Crippen LogP contribution in [0.5, 0.6) is 0 Å². The van der Waals surface area contributed by atoms with Gasteiger partial charge in [0.25, 0.3) is 0 Å². The van der Waals surface area contributed by atoms with E-state index in [-0.39, 0.29) is 11.9 Å². The Morgan fingerprint density at radius 1 is 1.26 bits per heavy atom. The van der Waals surface area contributed by atoms with Gasteiger partial charge in [-0.25, -0.2) is 0 Å². The van der Waals surface area contributed by atoms with E-state index in [0.717, 1.165) is 25.1 Å². The van der Waals surface area contributed by atoms with Gasteiger partial charge in [-0.1, -0.05) is 0 Å². The number of benzene rings is 1. The Morgan fingerprint density at radius 3 is 2.63 bits per heavy atom. The topological polar surface area (TPSA) is 41.1 Å². The van der Waals surface area contributed by atoms with Gasteiger partial charge in [0.15, 0.2) is 0 Å². The van der Waals surface area contributed by atoms with E-state index in [4.69, 9.17) is 0 Å². The van der Waals surface area contributed by atoms with Crippen molar-refractivity contribution in [1.29, 1.82) is 0 Å². The number of hydrogen-bond acceptors (Lipinski definition) is 4. The Balaban J connectivity index is 1.60. The van der Waals surface area contributed by atoms with Gasteiger partial charge in [-0.2, -0.15) is 0 Å². The van der Waals surface area contributed by atoms with Crippen molar-refractivity contribution < 1.29 is 4.79 Å². The third-order valence-electron chi connectivity index (χ3n) is 3.22. The molecule has 2 aliphatic rings. The molecule has 2 N–H and O–H groups in total. The molecule has 6 heteroatoms. The summed E-state index contributed by atoms with van der Waals surface area (Å²) >= 11 is -0.878. The van der Waals surface area contributed by atoms with Crippen LogP contribution >= 0.6 is 20.0 Å². The molecule has 2 saturated heterocycles. The summed E-state index contributed by atoms with van der Waals surface area (Å²) in [4.78, 5) is 12.0. The standard InChI is InChI=1S/C13H17AsN2OS2/c17-13(12-2-1-7-15-12)16-11-5-3-10(4-6-11)14-18-8-9-19-14/h3-6,12,15H,1-2,7-9H2,(H,16,17). The first kappa shape index (κ1) is 13.9. The predicted octanol–water partition coefficient (Wildman–Crippen LogP) is 1.55. The summed E-state index contributed by atoms with van der Waals surface area (Å²) < 4.78 is 1.50. The van der Waals surface area contributed by atoms with Gasteiger partial charge >= 0.3 is 125 Å². The SMILES string of the molecule is O=C(Nc1ccc([As]2SCCS2)cc1)C1CCCN1. The molecule has 0 aliphatic carbocycles. The van der Waals surface area contributed by atoms with Gasteiger partial charge in [-0.05, 0) is 0 Å². The second-order valence-corrected chi connectivity index (χ2v) is 16.3. The third kappa shape index (κ3) is 3.51. The molecule has 102 valence electrons. The molecule has 3 rings (SSSR count). The van der Waals surface area contributed by atoms with E-state index in [1.165, 1.54) is 15.9 Å². The summed E-state index contributed by atoms with van der Waals surface area (Å²) in [6.07, 6.45) is 2.05. The summed E-state index contributed by atoms with van der Waals surface area (Å²) in [6, 6.07) is 8.49. The predicted molar refractivity (Wildman–Crippen MR) is 86.4 cm³/mol. The Hall–Kier alpha value is -0.0916. The van der Waals surface area contributed by atoms with Gasteiger partial charge in [0.2, 0.25) is 0 Å². The summed E-state index contributed by atoms with van der Waals surface area (Å²) in [7, 11) is 4.29. The van der Waals surface area contributed by atoms with Crippen LogP contribution < -0.4 is 15.0 Å². The van der Waals surface area contributed by atoms with Crippen molar-refractivity contribution in [2.45, 2.75) is 18.9 Å². The number of carbonyl (C=O) groups is 1. The Bertz CT molecular complexity index is 442. The Kier molecular flexibility index (Phi) is 4.80.